The van der Waals surface area contributed by atoms with Gasteiger partial charge in [0, 0.05) is 7.05 Å². The van der Waals surface area contributed by atoms with Crippen molar-refractivity contribution in [1.82, 2.24) is 9.55 Å². The Labute approximate surface area is 98.5 Å². The monoisotopic (exact) mass is 232 g/mol. The average Bonchev–Trinajstić information content (AvgIpc) is 2.63. The van der Waals surface area contributed by atoms with Gasteiger partial charge in [0.2, 0.25) is 0 Å². The van der Waals surface area contributed by atoms with Gasteiger partial charge in [-0.2, -0.15) is 0 Å². The van der Waals surface area contributed by atoms with Gasteiger partial charge in [0.1, 0.15) is 6.61 Å². The summed E-state index contributed by atoms with van der Waals surface area (Å²) in [6.07, 6.45) is 0. The molecule has 2 rings (SSSR count). The number of aliphatic hydroxyl groups excluding tert-OH is 1. The molecule has 4 heteroatoms. The van der Waals surface area contributed by atoms with Crippen LogP contribution in [0.4, 0.5) is 0 Å². The maximum atomic E-state index is 8.53. The molecular weight excluding hydrogens is 220 g/mol. The average molecular weight is 232 g/mol. The Morgan fingerprint density at radius 1 is 1.38 bits per heavy atom. The van der Waals surface area contributed by atoms with E-state index in [1.54, 1.807) is 11.8 Å². The van der Waals surface area contributed by atoms with Crippen LogP contribution in [0.25, 0.3) is 11.0 Å². The summed E-state index contributed by atoms with van der Waals surface area (Å²) >= 11 is 1.58. The van der Waals surface area contributed by atoms with E-state index in [1.807, 2.05) is 31.3 Å². The molecule has 0 aliphatic carbocycles. The van der Waals surface area contributed by atoms with Gasteiger partial charge in [-0.1, -0.05) is 35.7 Å². The lowest BCUT2D eigenvalue weighted by molar-refractivity contribution is 0.350. The molecule has 0 radical (unpaired) electrons. The highest BCUT2D eigenvalue weighted by Crippen LogP contribution is 2.21. The Morgan fingerprint density at radius 3 is 2.94 bits per heavy atom. The van der Waals surface area contributed by atoms with Gasteiger partial charge in [-0.3, -0.25) is 0 Å². The Balaban J connectivity index is 2.21. The van der Waals surface area contributed by atoms with Crippen LogP contribution in [0.15, 0.2) is 29.4 Å². The smallest absolute Gasteiger partial charge is 0.169 e. The standard InChI is InChI=1S/C12H12N2OS/c1-14-11-7-3-2-6-10(11)13-12(14)16-9-5-4-8-15/h2-3,6-7,15H,8-9H2,1H3. The minimum absolute atomic E-state index is 0.0803. The molecule has 0 atom stereocenters. The number of nitrogens with zero attached hydrogens (tertiary/aromatic N) is 2. The highest BCUT2D eigenvalue weighted by molar-refractivity contribution is 7.99. The molecule has 82 valence electrons. The van der Waals surface area contributed by atoms with E-state index in [0.717, 1.165) is 16.2 Å². The third kappa shape index (κ3) is 2.21. The van der Waals surface area contributed by atoms with Gasteiger partial charge in [-0.05, 0) is 12.1 Å². The molecule has 2 aromatic rings. The highest BCUT2D eigenvalue weighted by Gasteiger charge is 2.05. The number of fused-ring (bicyclic) bond motifs is 1. The number of aryl methyl sites for hydroxylation is 1. The van der Waals surface area contributed by atoms with Crippen LogP contribution in [0, 0.1) is 11.8 Å². The van der Waals surface area contributed by atoms with E-state index < -0.39 is 0 Å². The van der Waals surface area contributed by atoms with Crippen LogP contribution in [0.2, 0.25) is 0 Å². The number of para-hydroxylation sites is 2. The van der Waals surface area contributed by atoms with E-state index in [2.05, 4.69) is 21.4 Å². The van der Waals surface area contributed by atoms with Crippen LogP contribution in [0.1, 0.15) is 0 Å². The van der Waals surface area contributed by atoms with E-state index in [9.17, 15) is 0 Å². The van der Waals surface area contributed by atoms with E-state index >= 15 is 0 Å². The molecule has 0 saturated carbocycles. The lowest BCUT2D eigenvalue weighted by Crippen LogP contribution is -1.90. The Kier molecular flexibility index (Phi) is 3.50. The first-order valence-corrected chi connectivity index (χ1v) is 5.92. The molecule has 0 spiro atoms. The quantitative estimate of drug-likeness (QED) is 0.632. The first kappa shape index (κ1) is 11.1. The first-order valence-electron chi connectivity index (χ1n) is 4.94. The van der Waals surface area contributed by atoms with Crippen LogP contribution in [-0.4, -0.2) is 27.0 Å². The molecule has 1 aromatic heterocycles. The Hall–Kier alpha value is -1.44. The summed E-state index contributed by atoms with van der Waals surface area (Å²) in [6.45, 7) is -0.0803. The third-order valence-electron chi connectivity index (χ3n) is 2.22. The predicted octanol–water partition coefficient (Wildman–Crippen LogP) is 1.66. The van der Waals surface area contributed by atoms with Gasteiger partial charge in [0.25, 0.3) is 0 Å². The fourth-order valence-electron chi connectivity index (χ4n) is 1.46. The van der Waals surface area contributed by atoms with E-state index in [1.165, 1.54) is 0 Å². The lowest BCUT2D eigenvalue weighted by atomic mass is 10.3. The van der Waals surface area contributed by atoms with E-state index in [0.29, 0.717) is 5.75 Å². The highest BCUT2D eigenvalue weighted by atomic mass is 32.2. The summed E-state index contributed by atoms with van der Waals surface area (Å²) in [7, 11) is 2.00. The van der Waals surface area contributed by atoms with Crippen LogP contribution in [0.5, 0.6) is 0 Å². The number of hydrogen-bond donors (Lipinski definition) is 1. The van der Waals surface area contributed by atoms with Crippen molar-refractivity contribution in [1.29, 1.82) is 0 Å². The summed E-state index contributed by atoms with van der Waals surface area (Å²) < 4.78 is 2.06. The molecule has 1 aromatic carbocycles. The van der Waals surface area contributed by atoms with Crippen LogP contribution >= 0.6 is 11.8 Å². The maximum Gasteiger partial charge on any atom is 0.169 e. The molecule has 0 fully saturated rings. The first-order chi connectivity index (χ1) is 7.83. The molecule has 1 heterocycles. The summed E-state index contributed by atoms with van der Waals surface area (Å²) in [6, 6.07) is 8.03. The van der Waals surface area contributed by atoms with Crippen molar-refractivity contribution in [3.8, 4) is 11.8 Å². The predicted molar refractivity (Wildman–Crippen MR) is 66.3 cm³/mol. The number of rotatable bonds is 2. The number of hydrogen-bond acceptors (Lipinski definition) is 3. The van der Waals surface area contributed by atoms with Gasteiger partial charge in [0.15, 0.2) is 5.16 Å². The third-order valence-corrected chi connectivity index (χ3v) is 3.14. The molecule has 0 bridgehead atoms. The van der Waals surface area contributed by atoms with Gasteiger partial charge in [0.05, 0.1) is 16.8 Å². The molecule has 0 unspecified atom stereocenters. The Bertz CT molecular complexity index is 551. The molecule has 1 N–H and O–H groups in total. The normalized spacial score (nSPS) is 10.1. The number of aliphatic hydroxyl groups is 1. The number of thioether (sulfide) groups is 1. The van der Waals surface area contributed by atoms with Crippen LogP contribution in [0.3, 0.4) is 0 Å². The fourth-order valence-corrected chi connectivity index (χ4v) is 2.22. The topological polar surface area (TPSA) is 38.0 Å². The summed E-state index contributed by atoms with van der Waals surface area (Å²) in [5.41, 5.74) is 2.13. The van der Waals surface area contributed by atoms with Crippen molar-refractivity contribution < 1.29 is 5.11 Å². The van der Waals surface area contributed by atoms with Crippen molar-refractivity contribution in [2.45, 2.75) is 5.16 Å². The number of imidazole rings is 1. The second kappa shape index (κ2) is 5.06. The summed E-state index contributed by atoms with van der Waals surface area (Å²) in [5.74, 6) is 6.13. The van der Waals surface area contributed by atoms with Crippen molar-refractivity contribution in [3.63, 3.8) is 0 Å². The Morgan fingerprint density at radius 2 is 2.19 bits per heavy atom. The van der Waals surface area contributed by atoms with Crippen molar-refractivity contribution in [2.75, 3.05) is 12.4 Å². The number of aromatic nitrogens is 2. The molecular formula is C12H12N2OS. The zero-order chi connectivity index (χ0) is 11.4. The largest absolute Gasteiger partial charge is 0.384 e. The minimum atomic E-state index is -0.0803. The van der Waals surface area contributed by atoms with Crippen molar-refractivity contribution >= 4 is 22.8 Å². The molecule has 16 heavy (non-hydrogen) atoms. The lowest BCUT2D eigenvalue weighted by Gasteiger charge is -1.98. The molecule has 3 nitrogen and oxygen atoms in total. The zero-order valence-electron chi connectivity index (χ0n) is 8.97. The molecule has 0 amide bonds. The van der Waals surface area contributed by atoms with Gasteiger partial charge >= 0.3 is 0 Å². The van der Waals surface area contributed by atoms with E-state index in [4.69, 9.17) is 5.11 Å². The van der Waals surface area contributed by atoms with Crippen molar-refractivity contribution in [2.24, 2.45) is 7.05 Å². The molecule has 0 saturated heterocycles. The van der Waals surface area contributed by atoms with Gasteiger partial charge < -0.3 is 9.67 Å². The van der Waals surface area contributed by atoms with Crippen molar-refractivity contribution in [3.05, 3.63) is 24.3 Å². The SMILES string of the molecule is Cn1c(SCC#CCO)nc2ccccc21. The summed E-state index contributed by atoms with van der Waals surface area (Å²) in [4.78, 5) is 4.51. The fraction of sp³-hybridized carbons (Fsp3) is 0.250. The summed E-state index contributed by atoms with van der Waals surface area (Å²) in [5, 5.41) is 9.48. The second-order valence-electron chi connectivity index (χ2n) is 3.24. The number of benzene rings is 1. The second-order valence-corrected chi connectivity index (χ2v) is 4.18. The van der Waals surface area contributed by atoms with Gasteiger partial charge in [-0.25, -0.2) is 4.98 Å². The van der Waals surface area contributed by atoms with Crippen LogP contribution < -0.4 is 0 Å². The van der Waals surface area contributed by atoms with Gasteiger partial charge in [-0.15, -0.1) is 0 Å². The molecule has 0 aliphatic rings. The molecule has 0 aliphatic heterocycles. The maximum absolute atomic E-state index is 8.53. The van der Waals surface area contributed by atoms with Crippen LogP contribution in [-0.2, 0) is 7.05 Å². The van der Waals surface area contributed by atoms with E-state index in [-0.39, 0.29) is 6.61 Å². The zero-order valence-corrected chi connectivity index (χ0v) is 9.79. The minimum Gasteiger partial charge on any atom is -0.384 e.